The lowest BCUT2D eigenvalue weighted by atomic mass is 10.0. The molecular weight excluding hydrogens is 220 g/mol. The second kappa shape index (κ2) is 4.55. The number of amides is 1. The summed E-state index contributed by atoms with van der Waals surface area (Å²) in [5.41, 5.74) is 1.25. The Morgan fingerprint density at radius 3 is 2.69 bits per heavy atom. The Kier molecular flexibility index (Phi) is 3.30. The molecule has 0 spiro atoms. The summed E-state index contributed by atoms with van der Waals surface area (Å²) in [4.78, 5) is 14.4. The van der Waals surface area contributed by atoms with Crippen molar-refractivity contribution in [3.8, 4) is 0 Å². The van der Waals surface area contributed by atoms with E-state index in [2.05, 4.69) is 37.5 Å². The lowest BCUT2D eigenvalue weighted by molar-refractivity contribution is -0.127. The molecule has 4 heteroatoms. The normalized spacial score (nSPS) is 17.9. The van der Waals surface area contributed by atoms with E-state index in [0.29, 0.717) is 0 Å². The molecule has 1 unspecified atom stereocenters. The van der Waals surface area contributed by atoms with Gasteiger partial charge in [0.15, 0.2) is 0 Å². The zero-order valence-electron chi connectivity index (χ0n) is 9.96. The van der Waals surface area contributed by atoms with Crippen molar-refractivity contribution >= 4 is 17.2 Å². The molecule has 0 aliphatic carbocycles. The lowest BCUT2D eigenvalue weighted by Gasteiger charge is -2.27. The number of hydrogen-bond acceptors (Lipinski definition) is 3. The molecule has 1 aromatic heterocycles. The summed E-state index contributed by atoms with van der Waals surface area (Å²) < 4.78 is 0. The van der Waals surface area contributed by atoms with Gasteiger partial charge in [-0.25, -0.2) is 0 Å². The molecule has 2 N–H and O–H groups in total. The summed E-state index contributed by atoms with van der Waals surface area (Å²) in [7, 11) is 0. The molecule has 1 aliphatic heterocycles. The van der Waals surface area contributed by atoms with Gasteiger partial charge in [0.2, 0.25) is 5.91 Å². The number of rotatable bonds is 3. The van der Waals surface area contributed by atoms with Crippen molar-refractivity contribution < 1.29 is 4.79 Å². The van der Waals surface area contributed by atoms with Gasteiger partial charge in [-0.15, -0.1) is 11.3 Å². The standard InChI is InChI=1S/C12H18N2OS/c1-7-4-11(9(3)16-7)8(2)14-12(15)10-5-13-6-10/h4,8,10,13H,5-6H2,1-3H3,(H,14,15). The molecule has 2 heterocycles. The maximum Gasteiger partial charge on any atom is 0.226 e. The Balaban J connectivity index is 1.99. The molecule has 1 aromatic rings. The topological polar surface area (TPSA) is 41.1 Å². The van der Waals surface area contributed by atoms with E-state index in [-0.39, 0.29) is 17.9 Å². The van der Waals surface area contributed by atoms with Crippen LogP contribution in [-0.4, -0.2) is 19.0 Å². The Morgan fingerprint density at radius 2 is 2.25 bits per heavy atom. The van der Waals surface area contributed by atoms with Crippen LogP contribution in [0.4, 0.5) is 0 Å². The van der Waals surface area contributed by atoms with E-state index in [4.69, 9.17) is 0 Å². The van der Waals surface area contributed by atoms with Crippen molar-refractivity contribution in [1.29, 1.82) is 0 Å². The third-order valence-electron chi connectivity index (χ3n) is 3.06. The minimum Gasteiger partial charge on any atom is -0.349 e. The SMILES string of the molecule is Cc1cc(C(C)NC(=O)C2CNC2)c(C)s1. The maximum absolute atomic E-state index is 11.8. The zero-order chi connectivity index (χ0) is 11.7. The predicted molar refractivity (Wildman–Crippen MR) is 66.7 cm³/mol. The van der Waals surface area contributed by atoms with Crippen LogP contribution in [0.1, 0.15) is 28.3 Å². The van der Waals surface area contributed by atoms with Gasteiger partial charge in [0.05, 0.1) is 12.0 Å². The van der Waals surface area contributed by atoms with Gasteiger partial charge in [-0.2, -0.15) is 0 Å². The summed E-state index contributed by atoms with van der Waals surface area (Å²) in [6.07, 6.45) is 0. The van der Waals surface area contributed by atoms with E-state index in [0.717, 1.165) is 13.1 Å². The molecule has 0 bridgehead atoms. The average Bonchev–Trinajstić information content (AvgIpc) is 2.41. The van der Waals surface area contributed by atoms with Crippen LogP contribution in [0.2, 0.25) is 0 Å². The molecule has 1 atom stereocenters. The van der Waals surface area contributed by atoms with Gasteiger partial charge in [0.25, 0.3) is 0 Å². The molecular formula is C12H18N2OS. The first-order valence-electron chi connectivity index (χ1n) is 5.66. The van der Waals surface area contributed by atoms with Gasteiger partial charge in [-0.05, 0) is 32.4 Å². The second-order valence-electron chi connectivity index (χ2n) is 4.45. The fourth-order valence-electron chi connectivity index (χ4n) is 1.96. The van der Waals surface area contributed by atoms with Crippen LogP contribution in [-0.2, 0) is 4.79 Å². The van der Waals surface area contributed by atoms with E-state index in [1.54, 1.807) is 11.3 Å². The second-order valence-corrected chi connectivity index (χ2v) is 5.91. The Bertz CT molecular complexity index is 396. The number of aryl methyl sites for hydroxylation is 2. The zero-order valence-corrected chi connectivity index (χ0v) is 10.8. The summed E-state index contributed by atoms with van der Waals surface area (Å²) in [6, 6.07) is 2.29. The smallest absolute Gasteiger partial charge is 0.226 e. The quantitative estimate of drug-likeness (QED) is 0.842. The number of carbonyl (C=O) groups is 1. The van der Waals surface area contributed by atoms with Crippen molar-refractivity contribution in [3.05, 3.63) is 21.4 Å². The Hall–Kier alpha value is -0.870. The van der Waals surface area contributed by atoms with Crippen LogP contribution in [0.3, 0.4) is 0 Å². The van der Waals surface area contributed by atoms with Gasteiger partial charge in [-0.3, -0.25) is 4.79 Å². The molecule has 16 heavy (non-hydrogen) atoms. The molecule has 1 aliphatic rings. The van der Waals surface area contributed by atoms with E-state index >= 15 is 0 Å². The number of carbonyl (C=O) groups excluding carboxylic acids is 1. The highest BCUT2D eigenvalue weighted by Gasteiger charge is 2.26. The highest BCUT2D eigenvalue weighted by atomic mass is 32.1. The van der Waals surface area contributed by atoms with Crippen LogP contribution in [0, 0.1) is 19.8 Å². The molecule has 0 radical (unpaired) electrons. The molecule has 0 saturated carbocycles. The summed E-state index contributed by atoms with van der Waals surface area (Å²) in [5.74, 6) is 0.344. The van der Waals surface area contributed by atoms with Crippen LogP contribution in [0.25, 0.3) is 0 Å². The molecule has 88 valence electrons. The summed E-state index contributed by atoms with van der Waals surface area (Å²) in [5, 5.41) is 6.19. The van der Waals surface area contributed by atoms with Crippen LogP contribution < -0.4 is 10.6 Å². The maximum atomic E-state index is 11.8. The largest absolute Gasteiger partial charge is 0.349 e. The van der Waals surface area contributed by atoms with E-state index < -0.39 is 0 Å². The molecule has 0 aromatic carbocycles. The predicted octanol–water partition coefficient (Wildman–Crippen LogP) is 1.76. The van der Waals surface area contributed by atoms with Gasteiger partial charge in [0.1, 0.15) is 0 Å². The van der Waals surface area contributed by atoms with Crippen molar-refractivity contribution in [2.24, 2.45) is 5.92 Å². The number of hydrogen-bond donors (Lipinski definition) is 2. The highest BCUT2D eigenvalue weighted by molar-refractivity contribution is 7.12. The van der Waals surface area contributed by atoms with Crippen molar-refractivity contribution in [2.45, 2.75) is 26.8 Å². The van der Waals surface area contributed by atoms with Crippen molar-refractivity contribution in [2.75, 3.05) is 13.1 Å². The van der Waals surface area contributed by atoms with Crippen molar-refractivity contribution in [1.82, 2.24) is 10.6 Å². The fraction of sp³-hybridized carbons (Fsp3) is 0.583. The molecule has 3 nitrogen and oxygen atoms in total. The third kappa shape index (κ3) is 2.28. The minimum atomic E-state index is 0.123. The van der Waals surface area contributed by atoms with Crippen LogP contribution >= 0.6 is 11.3 Å². The van der Waals surface area contributed by atoms with Crippen molar-refractivity contribution in [3.63, 3.8) is 0 Å². The van der Waals surface area contributed by atoms with Gasteiger partial charge >= 0.3 is 0 Å². The average molecular weight is 238 g/mol. The molecule has 1 saturated heterocycles. The molecule has 2 rings (SSSR count). The number of thiophene rings is 1. The van der Waals surface area contributed by atoms with E-state index in [9.17, 15) is 4.79 Å². The van der Waals surface area contributed by atoms with Gasteiger partial charge in [-0.1, -0.05) is 0 Å². The number of nitrogens with one attached hydrogen (secondary N) is 2. The first-order valence-corrected chi connectivity index (χ1v) is 6.47. The van der Waals surface area contributed by atoms with Gasteiger partial charge < -0.3 is 10.6 Å². The fourth-order valence-corrected chi connectivity index (χ4v) is 2.99. The Morgan fingerprint density at radius 1 is 1.56 bits per heavy atom. The summed E-state index contributed by atoms with van der Waals surface area (Å²) in [6.45, 7) is 7.91. The lowest BCUT2D eigenvalue weighted by Crippen LogP contribution is -2.51. The monoisotopic (exact) mass is 238 g/mol. The first-order chi connectivity index (χ1) is 7.58. The molecule has 1 fully saturated rings. The third-order valence-corrected chi connectivity index (χ3v) is 4.04. The summed E-state index contributed by atoms with van der Waals surface area (Å²) >= 11 is 1.79. The first kappa shape index (κ1) is 11.6. The molecule has 1 amide bonds. The minimum absolute atomic E-state index is 0.123. The highest BCUT2D eigenvalue weighted by Crippen LogP contribution is 2.26. The Labute approximate surface area is 100 Å². The van der Waals surface area contributed by atoms with Gasteiger partial charge in [0, 0.05) is 22.8 Å². The van der Waals surface area contributed by atoms with Crippen LogP contribution in [0.15, 0.2) is 6.07 Å². The van der Waals surface area contributed by atoms with Crippen LogP contribution in [0.5, 0.6) is 0 Å². The van der Waals surface area contributed by atoms with E-state index in [1.807, 2.05) is 0 Å². The van der Waals surface area contributed by atoms with E-state index in [1.165, 1.54) is 15.3 Å².